The molecular formula is C16H20N2S. The summed E-state index contributed by atoms with van der Waals surface area (Å²) in [5.41, 5.74) is 4.90. The van der Waals surface area contributed by atoms with E-state index < -0.39 is 0 Å². The van der Waals surface area contributed by atoms with Gasteiger partial charge in [-0.2, -0.15) is 0 Å². The molecule has 0 fully saturated rings. The molecule has 0 bridgehead atoms. The second-order valence-corrected chi connectivity index (χ2v) is 5.64. The maximum absolute atomic E-state index is 4.43. The molecule has 0 amide bonds. The fourth-order valence-electron chi connectivity index (χ4n) is 1.89. The van der Waals surface area contributed by atoms with Gasteiger partial charge in [0, 0.05) is 29.1 Å². The van der Waals surface area contributed by atoms with Gasteiger partial charge < -0.3 is 5.32 Å². The van der Waals surface area contributed by atoms with Crippen molar-refractivity contribution >= 4 is 17.4 Å². The minimum Gasteiger partial charge on any atom is -0.385 e. The molecular weight excluding hydrogens is 252 g/mol. The molecule has 0 aliphatic rings. The van der Waals surface area contributed by atoms with Crippen molar-refractivity contribution in [2.24, 2.45) is 0 Å². The van der Waals surface area contributed by atoms with Crippen molar-refractivity contribution in [1.29, 1.82) is 0 Å². The van der Waals surface area contributed by atoms with Crippen molar-refractivity contribution in [3.63, 3.8) is 0 Å². The molecule has 1 aromatic heterocycles. The molecule has 0 spiro atoms. The van der Waals surface area contributed by atoms with Crippen LogP contribution < -0.4 is 5.32 Å². The van der Waals surface area contributed by atoms with Gasteiger partial charge in [0.2, 0.25) is 0 Å². The molecule has 2 nitrogen and oxygen atoms in total. The van der Waals surface area contributed by atoms with Crippen LogP contribution in [0.15, 0.2) is 41.4 Å². The molecule has 3 heteroatoms. The van der Waals surface area contributed by atoms with E-state index in [1.165, 1.54) is 16.0 Å². The number of anilines is 1. The van der Waals surface area contributed by atoms with Gasteiger partial charge in [0.25, 0.3) is 0 Å². The molecule has 2 aromatic rings. The summed E-state index contributed by atoms with van der Waals surface area (Å²) >= 11 is 1.85. The standard InChI is InChI=1S/C16H20N2S/c1-4-17-14-7-8-18-15(10-14)11-19-16-9-12(2)5-6-13(16)3/h5-10H,4,11H2,1-3H3,(H,17,18). The van der Waals surface area contributed by atoms with Gasteiger partial charge in [-0.1, -0.05) is 17.7 Å². The SMILES string of the molecule is CCNc1ccnc(CSc2cc(C)ccc2C)c1. The predicted molar refractivity (Wildman–Crippen MR) is 83.9 cm³/mol. The molecule has 0 saturated heterocycles. The van der Waals surface area contributed by atoms with Gasteiger partial charge >= 0.3 is 0 Å². The Hall–Kier alpha value is -1.48. The zero-order valence-electron chi connectivity index (χ0n) is 11.7. The van der Waals surface area contributed by atoms with Crippen molar-refractivity contribution in [2.75, 3.05) is 11.9 Å². The highest BCUT2D eigenvalue weighted by atomic mass is 32.2. The van der Waals surface area contributed by atoms with Crippen molar-refractivity contribution in [3.8, 4) is 0 Å². The van der Waals surface area contributed by atoms with E-state index >= 15 is 0 Å². The van der Waals surface area contributed by atoms with Crippen molar-refractivity contribution in [3.05, 3.63) is 53.3 Å². The van der Waals surface area contributed by atoms with Crippen LogP contribution in [0.2, 0.25) is 0 Å². The Kier molecular flexibility index (Phi) is 4.86. The summed E-state index contributed by atoms with van der Waals surface area (Å²) in [4.78, 5) is 5.77. The van der Waals surface area contributed by atoms with Crippen molar-refractivity contribution < 1.29 is 0 Å². The summed E-state index contributed by atoms with van der Waals surface area (Å²) in [6.07, 6.45) is 1.87. The average Bonchev–Trinajstić information content (AvgIpc) is 2.41. The number of nitrogens with one attached hydrogen (secondary N) is 1. The van der Waals surface area contributed by atoms with Crippen LogP contribution in [0.3, 0.4) is 0 Å². The Morgan fingerprint density at radius 2 is 2.00 bits per heavy atom. The average molecular weight is 272 g/mol. The smallest absolute Gasteiger partial charge is 0.0526 e. The molecule has 0 atom stereocenters. The van der Waals surface area contributed by atoms with E-state index in [1.807, 2.05) is 24.0 Å². The fourth-order valence-corrected chi connectivity index (χ4v) is 2.91. The van der Waals surface area contributed by atoms with Gasteiger partial charge in [-0.25, -0.2) is 0 Å². The number of aromatic nitrogens is 1. The second kappa shape index (κ2) is 6.62. The number of benzene rings is 1. The highest BCUT2D eigenvalue weighted by Crippen LogP contribution is 2.26. The van der Waals surface area contributed by atoms with Gasteiger partial charge in [-0.3, -0.25) is 4.98 Å². The van der Waals surface area contributed by atoms with Gasteiger partial charge in [0.05, 0.1) is 5.69 Å². The van der Waals surface area contributed by atoms with E-state index in [1.54, 1.807) is 0 Å². The molecule has 0 saturated carbocycles. The first-order valence-electron chi connectivity index (χ1n) is 6.58. The lowest BCUT2D eigenvalue weighted by atomic mass is 10.2. The summed E-state index contributed by atoms with van der Waals surface area (Å²) in [5.74, 6) is 0.906. The second-order valence-electron chi connectivity index (χ2n) is 4.62. The molecule has 0 aliphatic heterocycles. The van der Waals surface area contributed by atoms with E-state index in [9.17, 15) is 0 Å². The van der Waals surface area contributed by atoms with Crippen LogP contribution in [0.1, 0.15) is 23.7 Å². The van der Waals surface area contributed by atoms with Crippen LogP contribution in [0.4, 0.5) is 5.69 Å². The van der Waals surface area contributed by atoms with Crippen LogP contribution in [0, 0.1) is 13.8 Å². The van der Waals surface area contributed by atoms with Crippen LogP contribution in [-0.2, 0) is 5.75 Å². The first-order chi connectivity index (χ1) is 9.19. The molecule has 0 aliphatic carbocycles. The van der Waals surface area contributed by atoms with Crippen molar-refractivity contribution in [1.82, 2.24) is 4.98 Å². The van der Waals surface area contributed by atoms with Crippen molar-refractivity contribution in [2.45, 2.75) is 31.4 Å². The van der Waals surface area contributed by atoms with E-state index in [0.29, 0.717) is 0 Å². The molecule has 1 aromatic carbocycles. The van der Waals surface area contributed by atoms with E-state index in [0.717, 1.165) is 23.7 Å². The predicted octanol–water partition coefficient (Wildman–Crippen LogP) is 4.42. The number of aryl methyl sites for hydroxylation is 2. The van der Waals surface area contributed by atoms with E-state index in [4.69, 9.17) is 0 Å². The number of hydrogen-bond acceptors (Lipinski definition) is 3. The molecule has 1 heterocycles. The zero-order chi connectivity index (χ0) is 13.7. The maximum Gasteiger partial charge on any atom is 0.0526 e. The fraction of sp³-hybridized carbons (Fsp3) is 0.312. The third-order valence-electron chi connectivity index (χ3n) is 2.92. The topological polar surface area (TPSA) is 24.9 Å². The molecule has 0 radical (unpaired) electrons. The molecule has 19 heavy (non-hydrogen) atoms. The van der Waals surface area contributed by atoms with Gasteiger partial charge in [-0.05, 0) is 44.5 Å². The lowest BCUT2D eigenvalue weighted by Crippen LogP contribution is -1.98. The van der Waals surface area contributed by atoms with Crippen LogP contribution >= 0.6 is 11.8 Å². The van der Waals surface area contributed by atoms with E-state index in [-0.39, 0.29) is 0 Å². The summed E-state index contributed by atoms with van der Waals surface area (Å²) in [6.45, 7) is 7.33. The Morgan fingerprint density at radius 3 is 2.79 bits per heavy atom. The molecule has 100 valence electrons. The first kappa shape index (κ1) is 13.9. The third-order valence-corrected chi connectivity index (χ3v) is 4.11. The largest absolute Gasteiger partial charge is 0.385 e. The minimum absolute atomic E-state index is 0.906. The third kappa shape index (κ3) is 4.00. The van der Waals surface area contributed by atoms with E-state index in [2.05, 4.69) is 55.3 Å². The number of pyridine rings is 1. The number of nitrogens with zero attached hydrogens (tertiary/aromatic N) is 1. The van der Waals surface area contributed by atoms with Crippen LogP contribution in [-0.4, -0.2) is 11.5 Å². The highest BCUT2D eigenvalue weighted by molar-refractivity contribution is 7.98. The molecule has 1 N–H and O–H groups in total. The Bertz CT molecular complexity index is 552. The summed E-state index contributed by atoms with van der Waals surface area (Å²) in [5, 5.41) is 3.32. The molecule has 2 rings (SSSR count). The van der Waals surface area contributed by atoms with Gasteiger partial charge in [0.15, 0.2) is 0 Å². The monoisotopic (exact) mass is 272 g/mol. The van der Waals surface area contributed by atoms with Crippen LogP contribution in [0.5, 0.6) is 0 Å². The normalized spacial score (nSPS) is 10.5. The number of thioether (sulfide) groups is 1. The van der Waals surface area contributed by atoms with Gasteiger partial charge in [-0.15, -0.1) is 11.8 Å². The van der Waals surface area contributed by atoms with Gasteiger partial charge in [0.1, 0.15) is 0 Å². The lowest BCUT2D eigenvalue weighted by molar-refractivity contribution is 1.14. The molecule has 0 unspecified atom stereocenters. The highest BCUT2D eigenvalue weighted by Gasteiger charge is 2.02. The summed E-state index contributed by atoms with van der Waals surface area (Å²) < 4.78 is 0. The Labute approximate surface area is 119 Å². The maximum atomic E-state index is 4.43. The Balaban J connectivity index is 2.05. The Morgan fingerprint density at radius 1 is 1.16 bits per heavy atom. The zero-order valence-corrected chi connectivity index (χ0v) is 12.6. The minimum atomic E-state index is 0.906. The quantitative estimate of drug-likeness (QED) is 0.815. The van der Waals surface area contributed by atoms with Crippen LogP contribution in [0.25, 0.3) is 0 Å². The number of rotatable bonds is 5. The number of hydrogen-bond donors (Lipinski definition) is 1. The lowest BCUT2D eigenvalue weighted by Gasteiger charge is -2.08. The summed E-state index contributed by atoms with van der Waals surface area (Å²) in [6, 6.07) is 10.7. The first-order valence-corrected chi connectivity index (χ1v) is 7.56. The summed E-state index contributed by atoms with van der Waals surface area (Å²) in [7, 11) is 0.